The van der Waals surface area contributed by atoms with Gasteiger partial charge in [-0.1, -0.05) is 51.4 Å². The molecule has 0 aromatic heterocycles. The van der Waals surface area contributed by atoms with Crippen LogP contribution in [-0.4, -0.2) is 23.4 Å². The van der Waals surface area contributed by atoms with E-state index in [0.717, 1.165) is 18.5 Å². The maximum absolute atomic E-state index is 12.6. The number of rotatable bonds is 5. The molecule has 21 heavy (non-hydrogen) atoms. The third-order valence-corrected chi connectivity index (χ3v) is 4.68. The molecule has 2 rings (SSSR count). The van der Waals surface area contributed by atoms with Crippen molar-refractivity contribution >= 4 is 17.5 Å². The van der Waals surface area contributed by atoms with Gasteiger partial charge in [0.2, 0.25) is 5.91 Å². The lowest BCUT2D eigenvalue weighted by Crippen LogP contribution is -2.35. The van der Waals surface area contributed by atoms with Crippen molar-refractivity contribution in [2.45, 2.75) is 46.3 Å². The Morgan fingerprint density at radius 2 is 2.05 bits per heavy atom. The highest BCUT2D eigenvalue weighted by Crippen LogP contribution is 2.29. The molecule has 1 aromatic rings. The first-order valence-corrected chi connectivity index (χ1v) is 8.13. The Labute approximate surface area is 132 Å². The third-order valence-electron chi connectivity index (χ3n) is 4.45. The summed E-state index contributed by atoms with van der Waals surface area (Å²) in [6.45, 7) is 9.41. The number of hydrogen-bond donors (Lipinski definition) is 1. The molecule has 1 aliphatic rings. The highest BCUT2D eigenvalue weighted by Gasteiger charge is 2.39. The Hall–Kier alpha value is -1.06. The first-order valence-electron chi connectivity index (χ1n) is 7.76. The van der Waals surface area contributed by atoms with Gasteiger partial charge in [-0.05, 0) is 36.0 Å². The van der Waals surface area contributed by atoms with Gasteiger partial charge in [0.25, 0.3) is 0 Å². The van der Waals surface area contributed by atoms with Gasteiger partial charge in [0.1, 0.15) is 6.17 Å². The quantitative estimate of drug-likeness (QED) is 0.896. The molecular formula is C17H25ClN2O. The van der Waals surface area contributed by atoms with Gasteiger partial charge in [-0.3, -0.25) is 10.1 Å². The number of amides is 1. The molecule has 1 aromatic carbocycles. The van der Waals surface area contributed by atoms with Gasteiger partial charge < -0.3 is 4.90 Å². The van der Waals surface area contributed by atoms with Crippen molar-refractivity contribution in [3.05, 3.63) is 34.9 Å². The summed E-state index contributed by atoms with van der Waals surface area (Å²) >= 11 is 6.10. The van der Waals surface area contributed by atoms with Crippen LogP contribution in [-0.2, 0) is 4.79 Å². The normalized spacial score (nSPS) is 23.9. The highest BCUT2D eigenvalue weighted by atomic mass is 35.5. The Bertz CT molecular complexity index is 503. The second kappa shape index (κ2) is 6.80. The zero-order chi connectivity index (χ0) is 15.6. The molecule has 1 amide bonds. The van der Waals surface area contributed by atoms with Crippen molar-refractivity contribution in [1.82, 2.24) is 10.2 Å². The molecule has 116 valence electrons. The molecule has 0 aliphatic carbocycles. The number of carbonyl (C=O) groups excluding carboxylic acids is 1. The fourth-order valence-electron chi connectivity index (χ4n) is 2.64. The van der Waals surface area contributed by atoms with Crippen molar-refractivity contribution < 1.29 is 4.79 Å². The average molecular weight is 309 g/mol. The minimum Gasteiger partial charge on any atom is -0.321 e. The average Bonchev–Trinajstić information content (AvgIpc) is 2.75. The van der Waals surface area contributed by atoms with E-state index in [1.54, 1.807) is 0 Å². The van der Waals surface area contributed by atoms with Crippen molar-refractivity contribution in [2.24, 2.45) is 11.8 Å². The van der Waals surface area contributed by atoms with Gasteiger partial charge in [0.15, 0.2) is 0 Å². The SMILES string of the molecule is CCC1NC(c2cccc(Cl)c2)N(CC(C)C(C)C)C1=O. The number of benzene rings is 1. The minimum atomic E-state index is -0.0895. The predicted octanol–water partition coefficient (Wildman–Crippen LogP) is 3.84. The van der Waals surface area contributed by atoms with Crippen LogP contribution in [0.2, 0.25) is 5.02 Å². The van der Waals surface area contributed by atoms with E-state index in [-0.39, 0.29) is 18.1 Å². The molecule has 1 N–H and O–H groups in total. The first kappa shape index (κ1) is 16.3. The van der Waals surface area contributed by atoms with E-state index in [4.69, 9.17) is 11.6 Å². The van der Waals surface area contributed by atoms with Crippen LogP contribution in [0.4, 0.5) is 0 Å². The molecule has 3 unspecified atom stereocenters. The zero-order valence-corrected chi connectivity index (χ0v) is 14.0. The van der Waals surface area contributed by atoms with Crippen LogP contribution in [0.25, 0.3) is 0 Å². The van der Waals surface area contributed by atoms with E-state index in [9.17, 15) is 4.79 Å². The van der Waals surface area contributed by atoms with Gasteiger partial charge >= 0.3 is 0 Å². The summed E-state index contributed by atoms with van der Waals surface area (Å²) in [4.78, 5) is 14.6. The van der Waals surface area contributed by atoms with Crippen LogP contribution in [0.3, 0.4) is 0 Å². The van der Waals surface area contributed by atoms with Crippen molar-refractivity contribution in [2.75, 3.05) is 6.54 Å². The maximum Gasteiger partial charge on any atom is 0.241 e. The summed E-state index contributed by atoms with van der Waals surface area (Å²) in [5.74, 6) is 1.22. The molecule has 4 heteroatoms. The molecule has 3 nitrogen and oxygen atoms in total. The second-order valence-electron chi connectivity index (χ2n) is 6.30. The molecule has 1 heterocycles. The van der Waals surface area contributed by atoms with Gasteiger partial charge in [-0.2, -0.15) is 0 Å². The molecule has 1 aliphatic heterocycles. The first-order chi connectivity index (χ1) is 9.93. The molecule has 3 atom stereocenters. The third kappa shape index (κ3) is 3.58. The Morgan fingerprint density at radius 1 is 1.33 bits per heavy atom. The summed E-state index contributed by atoms with van der Waals surface area (Å²) in [5, 5.41) is 4.15. The summed E-state index contributed by atoms with van der Waals surface area (Å²) in [6.07, 6.45) is 0.741. The van der Waals surface area contributed by atoms with E-state index in [0.29, 0.717) is 16.9 Å². The smallest absolute Gasteiger partial charge is 0.241 e. The van der Waals surface area contributed by atoms with E-state index in [1.165, 1.54) is 0 Å². The molecule has 1 fully saturated rings. The van der Waals surface area contributed by atoms with Crippen molar-refractivity contribution in [3.63, 3.8) is 0 Å². The lowest BCUT2D eigenvalue weighted by Gasteiger charge is -2.29. The summed E-state index contributed by atoms with van der Waals surface area (Å²) in [5.41, 5.74) is 1.06. The Balaban J connectivity index is 2.26. The van der Waals surface area contributed by atoms with Crippen LogP contribution in [0.5, 0.6) is 0 Å². The van der Waals surface area contributed by atoms with Crippen LogP contribution in [0, 0.1) is 11.8 Å². The minimum absolute atomic E-state index is 0.0673. The van der Waals surface area contributed by atoms with Crippen molar-refractivity contribution in [1.29, 1.82) is 0 Å². The van der Waals surface area contributed by atoms with Gasteiger partial charge in [0, 0.05) is 11.6 Å². The van der Waals surface area contributed by atoms with E-state index < -0.39 is 0 Å². The maximum atomic E-state index is 12.6. The van der Waals surface area contributed by atoms with Gasteiger partial charge in [0.05, 0.1) is 6.04 Å². The Kier molecular flexibility index (Phi) is 5.28. The summed E-state index contributed by atoms with van der Waals surface area (Å²) < 4.78 is 0. The molecule has 0 bridgehead atoms. The lowest BCUT2D eigenvalue weighted by molar-refractivity contribution is -0.130. The number of halogens is 1. The predicted molar refractivity (Wildman–Crippen MR) is 87.1 cm³/mol. The topological polar surface area (TPSA) is 32.3 Å². The van der Waals surface area contributed by atoms with E-state index >= 15 is 0 Å². The largest absolute Gasteiger partial charge is 0.321 e. The molecule has 1 saturated heterocycles. The van der Waals surface area contributed by atoms with Gasteiger partial charge in [-0.15, -0.1) is 0 Å². The fraction of sp³-hybridized carbons (Fsp3) is 0.588. The Morgan fingerprint density at radius 3 is 2.62 bits per heavy atom. The lowest BCUT2D eigenvalue weighted by atomic mass is 9.97. The number of hydrogen-bond acceptors (Lipinski definition) is 2. The summed E-state index contributed by atoms with van der Waals surface area (Å²) in [6, 6.07) is 7.68. The molecule has 0 saturated carbocycles. The molecule has 0 radical (unpaired) electrons. The fourth-order valence-corrected chi connectivity index (χ4v) is 2.84. The van der Waals surface area contributed by atoms with Crippen molar-refractivity contribution in [3.8, 4) is 0 Å². The standard InChI is InChI=1S/C17H25ClN2O/c1-5-15-17(21)20(10-12(4)11(2)3)16(19-15)13-7-6-8-14(18)9-13/h6-9,11-12,15-16,19H,5,10H2,1-4H3. The van der Waals surface area contributed by atoms with Crippen LogP contribution >= 0.6 is 11.6 Å². The van der Waals surface area contributed by atoms with Gasteiger partial charge in [-0.25, -0.2) is 0 Å². The summed E-state index contributed by atoms with van der Waals surface area (Å²) in [7, 11) is 0. The number of nitrogens with one attached hydrogen (secondary N) is 1. The number of nitrogens with zero attached hydrogens (tertiary/aromatic N) is 1. The number of carbonyl (C=O) groups is 1. The zero-order valence-electron chi connectivity index (χ0n) is 13.3. The molecular weight excluding hydrogens is 284 g/mol. The monoisotopic (exact) mass is 308 g/mol. The molecule has 0 spiro atoms. The van der Waals surface area contributed by atoms with E-state index in [1.807, 2.05) is 36.1 Å². The highest BCUT2D eigenvalue weighted by molar-refractivity contribution is 6.30. The second-order valence-corrected chi connectivity index (χ2v) is 6.73. The van der Waals surface area contributed by atoms with Crippen LogP contribution in [0.15, 0.2) is 24.3 Å². The van der Waals surface area contributed by atoms with E-state index in [2.05, 4.69) is 26.1 Å². The van der Waals surface area contributed by atoms with Crippen LogP contribution < -0.4 is 5.32 Å². The van der Waals surface area contributed by atoms with Crippen LogP contribution in [0.1, 0.15) is 45.8 Å².